The predicted octanol–water partition coefficient (Wildman–Crippen LogP) is 2.67. The van der Waals surface area contributed by atoms with Crippen LogP contribution in [0.25, 0.3) is 11.3 Å². The van der Waals surface area contributed by atoms with Gasteiger partial charge < -0.3 is 0 Å². The van der Waals surface area contributed by atoms with Crippen LogP contribution in [0.15, 0.2) is 40.1 Å². The van der Waals surface area contributed by atoms with Crippen LogP contribution in [0.5, 0.6) is 0 Å². The van der Waals surface area contributed by atoms with Gasteiger partial charge in [-0.2, -0.15) is 14.6 Å². The number of hydrogen-bond acceptors (Lipinski definition) is 6. The molecule has 0 unspecified atom stereocenters. The molecule has 0 aliphatic rings. The predicted molar refractivity (Wildman–Crippen MR) is 62.5 cm³/mol. The number of rotatable bonds is 3. The van der Waals surface area contributed by atoms with E-state index in [4.69, 9.17) is 0 Å². The fourth-order valence-electron chi connectivity index (χ4n) is 1.30. The minimum Gasteiger partial charge on any atom is -0.260 e. The van der Waals surface area contributed by atoms with Crippen LogP contribution in [-0.2, 0) is 0 Å². The first-order valence-electron chi connectivity index (χ1n) is 4.79. The van der Waals surface area contributed by atoms with E-state index in [-0.39, 0.29) is 0 Å². The number of aromatic amines is 2. The van der Waals surface area contributed by atoms with Crippen LogP contribution in [0.3, 0.4) is 0 Å². The molecule has 0 aliphatic heterocycles. The third-order valence-corrected chi connectivity index (χ3v) is 2.64. The highest BCUT2D eigenvalue weighted by Crippen LogP contribution is 2.28. The van der Waals surface area contributed by atoms with Crippen molar-refractivity contribution in [2.45, 2.75) is 0 Å². The lowest BCUT2D eigenvalue weighted by Gasteiger charge is -1.91. The zero-order valence-electron chi connectivity index (χ0n) is 8.53. The average molecular weight is 245 g/mol. The molecule has 3 aromatic rings. The van der Waals surface area contributed by atoms with Crippen molar-refractivity contribution in [3.63, 3.8) is 0 Å². The van der Waals surface area contributed by atoms with Crippen molar-refractivity contribution < 1.29 is 0 Å². The summed E-state index contributed by atoms with van der Waals surface area (Å²) in [4.78, 5) is 0. The topological polar surface area (TPSA) is 95.0 Å². The Morgan fingerprint density at radius 1 is 1.12 bits per heavy atom. The van der Waals surface area contributed by atoms with Gasteiger partial charge in [0, 0.05) is 11.4 Å². The van der Waals surface area contributed by atoms with Crippen molar-refractivity contribution in [1.82, 2.24) is 24.8 Å². The van der Waals surface area contributed by atoms with E-state index < -0.39 is 0 Å². The largest absolute Gasteiger partial charge is 0.260 e. The summed E-state index contributed by atoms with van der Waals surface area (Å²) < 4.78 is 4.22. The monoisotopic (exact) mass is 245 g/mol. The molecule has 0 aliphatic carbocycles. The molecule has 17 heavy (non-hydrogen) atoms. The quantitative estimate of drug-likeness (QED) is 0.694. The Labute approximate surface area is 99.8 Å². The molecule has 0 saturated carbocycles. The molecular formula is C9H7N7S. The van der Waals surface area contributed by atoms with Gasteiger partial charge in [0.15, 0.2) is 11.6 Å². The highest BCUT2D eigenvalue weighted by molar-refractivity contribution is 7.03. The van der Waals surface area contributed by atoms with Crippen molar-refractivity contribution in [2.75, 3.05) is 0 Å². The molecule has 0 aromatic carbocycles. The third-order valence-electron chi connectivity index (χ3n) is 2.08. The molecule has 8 heteroatoms. The highest BCUT2D eigenvalue weighted by atomic mass is 32.1. The van der Waals surface area contributed by atoms with E-state index in [1.54, 1.807) is 18.5 Å². The summed E-state index contributed by atoms with van der Waals surface area (Å²) >= 11 is 1.38. The minimum absolute atomic E-state index is 0.575. The smallest absolute Gasteiger partial charge is 0.180 e. The Morgan fingerprint density at radius 2 is 2.12 bits per heavy atom. The molecular weight excluding hydrogens is 238 g/mol. The second-order valence-corrected chi connectivity index (χ2v) is 3.82. The highest BCUT2D eigenvalue weighted by Gasteiger charge is 2.08. The molecule has 0 amide bonds. The van der Waals surface area contributed by atoms with Crippen molar-refractivity contribution in [1.29, 1.82) is 0 Å². The molecule has 3 heterocycles. The van der Waals surface area contributed by atoms with E-state index >= 15 is 0 Å². The SMILES string of the molecule is c1cc(N=Nc2[nH]ncc2-c2ccsn2)[nH]n1. The second-order valence-electron chi connectivity index (χ2n) is 3.16. The zero-order valence-corrected chi connectivity index (χ0v) is 9.35. The van der Waals surface area contributed by atoms with Gasteiger partial charge in [0.25, 0.3) is 0 Å². The molecule has 0 spiro atoms. The molecule has 2 N–H and O–H groups in total. The van der Waals surface area contributed by atoms with Gasteiger partial charge in [-0.25, -0.2) is 0 Å². The van der Waals surface area contributed by atoms with Gasteiger partial charge in [0.05, 0.1) is 23.7 Å². The zero-order chi connectivity index (χ0) is 11.5. The number of nitrogens with zero attached hydrogens (tertiary/aromatic N) is 5. The van der Waals surface area contributed by atoms with Crippen LogP contribution in [0.4, 0.5) is 11.6 Å². The Hall–Kier alpha value is -2.35. The first-order valence-corrected chi connectivity index (χ1v) is 5.62. The van der Waals surface area contributed by atoms with E-state index in [1.807, 2.05) is 11.4 Å². The van der Waals surface area contributed by atoms with E-state index in [2.05, 4.69) is 35.0 Å². The van der Waals surface area contributed by atoms with Crippen LogP contribution >= 0.6 is 11.5 Å². The van der Waals surface area contributed by atoms with Gasteiger partial charge in [0.1, 0.15) is 0 Å². The van der Waals surface area contributed by atoms with Crippen LogP contribution < -0.4 is 0 Å². The normalized spacial score (nSPS) is 11.3. The maximum Gasteiger partial charge on any atom is 0.180 e. The second kappa shape index (κ2) is 4.26. The Morgan fingerprint density at radius 3 is 2.88 bits per heavy atom. The van der Waals surface area contributed by atoms with E-state index in [0.29, 0.717) is 11.6 Å². The van der Waals surface area contributed by atoms with E-state index in [9.17, 15) is 0 Å². The maximum absolute atomic E-state index is 4.22. The van der Waals surface area contributed by atoms with Gasteiger partial charge in [-0.15, -0.1) is 10.2 Å². The number of hydrogen-bond donors (Lipinski definition) is 2. The molecule has 84 valence electrons. The first-order chi connectivity index (χ1) is 8.43. The molecule has 0 atom stereocenters. The number of azo groups is 1. The molecule has 0 bridgehead atoms. The maximum atomic E-state index is 4.22. The third kappa shape index (κ3) is 1.97. The summed E-state index contributed by atoms with van der Waals surface area (Å²) in [5.74, 6) is 1.16. The summed E-state index contributed by atoms with van der Waals surface area (Å²) in [7, 11) is 0. The van der Waals surface area contributed by atoms with Gasteiger partial charge in [0.2, 0.25) is 0 Å². The van der Waals surface area contributed by atoms with Crippen molar-refractivity contribution >= 4 is 23.2 Å². The molecule has 0 radical (unpaired) electrons. The summed E-state index contributed by atoms with van der Waals surface area (Å²) in [6, 6.07) is 3.63. The lowest BCUT2D eigenvalue weighted by atomic mass is 10.2. The van der Waals surface area contributed by atoms with Gasteiger partial charge in [-0.3, -0.25) is 10.2 Å². The van der Waals surface area contributed by atoms with Crippen molar-refractivity contribution in [3.8, 4) is 11.3 Å². The van der Waals surface area contributed by atoms with Crippen LogP contribution in [0.1, 0.15) is 0 Å². The standard InChI is InChI=1S/C9H7N7S/c1-3-10-12-8(1)13-15-9-6(5-11-14-9)7-2-4-17-16-7/h1-5H,(H,10,12)(H,11,14). The van der Waals surface area contributed by atoms with Gasteiger partial charge in [-0.05, 0) is 17.6 Å². The van der Waals surface area contributed by atoms with E-state index in [1.165, 1.54) is 11.5 Å². The Balaban J connectivity index is 1.92. The molecule has 0 saturated heterocycles. The summed E-state index contributed by atoms with van der Waals surface area (Å²) in [6.45, 7) is 0. The molecule has 0 fully saturated rings. The number of nitrogens with one attached hydrogen (secondary N) is 2. The minimum atomic E-state index is 0.575. The average Bonchev–Trinajstić information content (AvgIpc) is 3.09. The van der Waals surface area contributed by atoms with Gasteiger partial charge >= 0.3 is 0 Å². The fourth-order valence-corrected chi connectivity index (χ4v) is 1.83. The summed E-state index contributed by atoms with van der Waals surface area (Å²) in [5, 5.41) is 23.1. The Bertz CT molecular complexity index is 608. The number of aromatic nitrogens is 5. The molecule has 7 nitrogen and oxygen atoms in total. The summed E-state index contributed by atoms with van der Waals surface area (Å²) in [6.07, 6.45) is 3.29. The Kier molecular flexibility index (Phi) is 2.47. The molecule has 3 rings (SSSR count). The first kappa shape index (κ1) is 9.85. The number of H-pyrrole nitrogens is 2. The van der Waals surface area contributed by atoms with Crippen LogP contribution in [0.2, 0.25) is 0 Å². The fraction of sp³-hybridized carbons (Fsp3) is 0. The van der Waals surface area contributed by atoms with Crippen LogP contribution in [0, 0.1) is 0 Å². The lowest BCUT2D eigenvalue weighted by Crippen LogP contribution is -1.72. The summed E-state index contributed by atoms with van der Waals surface area (Å²) in [5.41, 5.74) is 1.66. The lowest BCUT2D eigenvalue weighted by molar-refractivity contribution is 1.02. The van der Waals surface area contributed by atoms with E-state index in [0.717, 1.165) is 11.3 Å². The molecule has 3 aromatic heterocycles. The van der Waals surface area contributed by atoms with Crippen LogP contribution in [-0.4, -0.2) is 24.8 Å². The van der Waals surface area contributed by atoms with Crippen molar-refractivity contribution in [2.24, 2.45) is 10.2 Å². The van der Waals surface area contributed by atoms with Crippen molar-refractivity contribution in [3.05, 3.63) is 29.9 Å². The van der Waals surface area contributed by atoms with Gasteiger partial charge in [-0.1, -0.05) is 0 Å².